The van der Waals surface area contributed by atoms with Gasteiger partial charge in [-0.1, -0.05) is 37.1 Å². The van der Waals surface area contributed by atoms with Crippen LogP contribution in [-0.2, 0) is 6.42 Å². The number of rotatable bonds is 6. The Hall–Kier alpha value is -2.53. The molecule has 3 rings (SSSR count). The van der Waals surface area contributed by atoms with E-state index in [4.69, 9.17) is 11.6 Å². The van der Waals surface area contributed by atoms with E-state index in [1.807, 2.05) is 24.3 Å². The van der Waals surface area contributed by atoms with Gasteiger partial charge in [-0.2, -0.15) is 5.10 Å². The van der Waals surface area contributed by atoms with Gasteiger partial charge in [0.1, 0.15) is 5.75 Å². The molecule has 0 aliphatic rings. The number of amides is 1. The van der Waals surface area contributed by atoms with Crippen LogP contribution in [-0.4, -0.2) is 39.7 Å². The van der Waals surface area contributed by atoms with Gasteiger partial charge in [0, 0.05) is 36.5 Å². The van der Waals surface area contributed by atoms with E-state index in [2.05, 4.69) is 17.1 Å². The van der Waals surface area contributed by atoms with Crippen LogP contribution < -0.4 is 0 Å². The second kappa shape index (κ2) is 7.79. The Bertz CT molecular complexity index is 936. The van der Waals surface area contributed by atoms with Gasteiger partial charge < -0.3 is 10.0 Å². The first-order valence-corrected chi connectivity index (χ1v) is 9.07. The van der Waals surface area contributed by atoms with Crippen molar-refractivity contribution in [2.24, 2.45) is 0 Å². The maximum Gasteiger partial charge on any atom is 0.257 e. The molecule has 26 heavy (non-hydrogen) atoms. The van der Waals surface area contributed by atoms with E-state index in [-0.39, 0.29) is 11.7 Å². The number of nitrogens with one attached hydrogen (secondary N) is 1. The van der Waals surface area contributed by atoms with Crippen molar-refractivity contribution in [1.82, 2.24) is 15.1 Å². The first kappa shape index (κ1) is 18.3. The van der Waals surface area contributed by atoms with Crippen LogP contribution in [0.15, 0.2) is 36.4 Å². The van der Waals surface area contributed by atoms with Gasteiger partial charge in [-0.15, -0.1) is 0 Å². The summed E-state index contributed by atoms with van der Waals surface area (Å²) in [5, 5.41) is 19.1. The summed E-state index contributed by atoms with van der Waals surface area (Å²) in [6.07, 6.45) is 2.52. The predicted octanol–water partition coefficient (Wildman–Crippen LogP) is 4.38. The largest absolute Gasteiger partial charge is 0.507 e. The Morgan fingerprint density at radius 3 is 2.85 bits per heavy atom. The highest BCUT2D eigenvalue weighted by Crippen LogP contribution is 2.28. The quantitative estimate of drug-likeness (QED) is 0.675. The lowest BCUT2D eigenvalue weighted by Gasteiger charge is -2.17. The highest BCUT2D eigenvalue weighted by atomic mass is 35.5. The van der Waals surface area contributed by atoms with Gasteiger partial charge in [0.25, 0.3) is 5.91 Å². The molecule has 0 aliphatic heterocycles. The molecule has 0 atom stereocenters. The molecule has 2 N–H and O–H groups in total. The molecule has 1 amide bonds. The molecule has 5 nitrogen and oxygen atoms in total. The maximum atomic E-state index is 12.7. The van der Waals surface area contributed by atoms with E-state index in [0.717, 1.165) is 29.5 Å². The minimum absolute atomic E-state index is 0.0381. The van der Waals surface area contributed by atoms with Crippen molar-refractivity contribution < 1.29 is 9.90 Å². The lowest BCUT2D eigenvalue weighted by Crippen LogP contribution is -2.27. The van der Waals surface area contributed by atoms with Crippen LogP contribution in [0.1, 0.15) is 41.4 Å². The lowest BCUT2D eigenvalue weighted by molar-refractivity contribution is 0.0790. The number of aromatic nitrogens is 2. The normalized spacial score (nSPS) is 11.0. The molecule has 3 aromatic rings. The average molecular weight is 372 g/mol. The van der Waals surface area contributed by atoms with Crippen LogP contribution in [0.25, 0.3) is 10.9 Å². The number of phenols is 1. The number of carbonyl (C=O) groups is 1. The molecule has 136 valence electrons. The zero-order chi connectivity index (χ0) is 18.7. The first-order chi connectivity index (χ1) is 12.5. The summed E-state index contributed by atoms with van der Waals surface area (Å²) < 4.78 is 0. The van der Waals surface area contributed by atoms with Crippen molar-refractivity contribution in [3.05, 3.63) is 58.2 Å². The van der Waals surface area contributed by atoms with Crippen LogP contribution in [0.3, 0.4) is 0 Å². The Balaban J connectivity index is 1.94. The maximum absolute atomic E-state index is 12.7. The SMILES string of the molecule is CCCCN(C)C(=O)c1cc2c(Cc3cccc(Cl)c3)n[nH]c2cc1O. The third kappa shape index (κ3) is 3.83. The molecule has 0 spiro atoms. The van der Waals surface area contributed by atoms with E-state index >= 15 is 0 Å². The number of unbranched alkanes of at least 4 members (excludes halogenated alkanes) is 1. The Morgan fingerprint density at radius 1 is 1.31 bits per heavy atom. The van der Waals surface area contributed by atoms with Crippen molar-refractivity contribution in [1.29, 1.82) is 0 Å². The van der Waals surface area contributed by atoms with Gasteiger partial charge in [-0.3, -0.25) is 9.89 Å². The number of hydrogen-bond acceptors (Lipinski definition) is 3. The summed E-state index contributed by atoms with van der Waals surface area (Å²) in [5.74, 6) is -0.225. The molecule has 0 saturated carbocycles. The molecular weight excluding hydrogens is 350 g/mol. The highest BCUT2D eigenvalue weighted by Gasteiger charge is 2.18. The van der Waals surface area contributed by atoms with Gasteiger partial charge in [-0.05, 0) is 30.2 Å². The molecule has 1 aromatic heterocycles. The van der Waals surface area contributed by atoms with Crippen LogP contribution in [0, 0.1) is 0 Å². The summed E-state index contributed by atoms with van der Waals surface area (Å²) in [6, 6.07) is 10.9. The van der Waals surface area contributed by atoms with Gasteiger partial charge in [0.15, 0.2) is 0 Å². The number of benzene rings is 2. The predicted molar refractivity (Wildman–Crippen MR) is 104 cm³/mol. The number of carbonyl (C=O) groups excluding carboxylic acids is 1. The Kier molecular flexibility index (Phi) is 5.47. The number of halogens is 1. The fraction of sp³-hybridized carbons (Fsp3) is 0.300. The van der Waals surface area contributed by atoms with Crippen molar-refractivity contribution in [3.8, 4) is 5.75 Å². The Morgan fingerprint density at radius 2 is 2.12 bits per heavy atom. The number of phenolic OH excluding ortho intramolecular Hbond substituents is 1. The molecule has 6 heteroatoms. The van der Waals surface area contributed by atoms with Crippen LogP contribution in [0.5, 0.6) is 5.75 Å². The molecule has 0 fully saturated rings. The summed E-state index contributed by atoms with van der Waals surface area (Å²) in [7, 11) is 1.75. The molecule has 1 heterocycles. The fourth-order valence-corrected chi connectivity index (χ4v) is 3.17. The second-order valence-electron chi connectivity index (χ2n) is 6.47. The number of fused-ring (bicyclic) bond motifs is 1. The summed E-state index contributed by atoms with van der Waals surface area (Å²) in [4.78, 5) is 14.3. The number of nitrogens with zero attached hydrogens (tertiary/aromatic N) is 2. The van der Waals surface area contributed by atoms with E-state index in [1.165, 1.54) is 0 Å². The molecule has 0 saturated heterocycles. The van der Waals surface area contributed by atoms with Crippen LogP contribution >= 0.6 is 11.6 Å². The monoisotopic (exact) mass is 371 g/mol. The van der Waals surface area contributed by atoms with Crippen molar-refractivity contribution in [3.63, 3.8) is 0 Å². The molecule has 0 bridgehead atoms. The Labute approximate surface area is 157 Å². The smallest absolute Gasteiger partial charge is 0.257 e. The van der Waals surface area contributed by atoms with Crippen molar-refractivity contribution in [2.45, 2.75) is 26.2 Å². The second-order valence-corrected chi connectivity index (χ2v) is 6.91. The van der Waals surface area contributed by atoms with E-state index in [0.29, 0.717) is 29.1 Å². The van der Waals surface area contributed by atoms with Crippen LogP contribution in [0.4, 0.5) is 0 Å². The zero-order valence-electron chi connectivity index (χ0n) is 14.9. The molecule has 0 aliphatic carbocycles. The number of hydrogen-bond donors (Lipinski definition) is 2. The highest BCUT2D eigenvalue weighted by molar-refractivity contribution is 6.30. The minimum Gasteiger partial charge on any atom is -0.507 e. The number of aromatic amines is 1. The molecule has 0 unspecified atom stereocenters. The summed E-state index contributed by atoms with van der Waals surface area (Å²) in [6.45, 7) is 2.74. The number of H-pyrrole nitrogens is 1. The van der Waals surface area contributed by atoms with E-state index in [1.54, 1.807) is 24.1 Å². The standard InChI is InChI=1S/C20H22ClN3O2/c1-3-4-8-24(2)20(26)16-11-15-17(22-23-18(15)12-19(16)25)10-13-6-5-7-14(21)9-13/h5-7,9,11-12,25H,3-4,8,10H2,1-2H3,(H,22,23). The fourth-order valence-electron chi connectivity index (χ4n) is 2.96. The molecule has 2 aromatic carbocycles. The van der Waals surface area contributed by atoms with Gasteiger partial charge >= 0.3 is 0 Å². The zero-order valence-corrected chi connectivity index (χ0v) is 15.7. The van der Waals surface area contributed by atoms with Crippen molar-refractivity contribution in [2.75, 3.05) is 13.6 Å². The lowest BCUT2D eigenvalue weighted by atomic mass is 10.0. The number of aromatic hydroxyl groups is 1. The first-order valence-electron chi connectivity index (χ1n) is 8.69. The topological polar surface area (TPSA) is 69.2 Å². The van der Waals surface area contributed by atoms with E-state index in [9.17, 15) is 9.90 Å². The summed E-state index contributed by atoms with van der Waals surface area (Å²) >= 11 is 6.06. The van der Waals surface area contributed by atoms with Gasteiger partial charge in [-0.25, -0.2) is 0 Å². The van der Waals surface area contributed by atoms with Crippen molar-refractivity contribution >= 4 is 28.4 Å². The third-order valence-corrected chi connectivity index (χ3v) is 4.68. The molecular formula is C20H22ClN3O2. The molecule has 0 radical (unpaired) electrons. The minimum atomic E-state index is -0.187. The van der Waals surface area contributed by atoms with E-state index < -0.39 is 0 Å². The average Bonchev–Trinajstić information content (AvgIpc) is 3.00. The van der Waals surface area contributed by atoms with Gasteiger partial charge in [0.2, 0.25) is 0 Å². The third-order valence-electron chi connectivity index (χ3n) is 4.44. The van der Waals surface area contributed by atoms with Gasteiger partial charge in [0.05, 0.1) is 16.8 Å². The van der Waals surface area contributed by atoms with Crippen LogP contribution in [0.2, 0.25) is 5.02 Å². The summed E-state index contributed by atoms with van der Waals surface area (Å²) in [5.41, 5.74) is 2.84.